The first kappa shape index (κ1) is 14.8. The van der Waals surface area contributed by atoms with Gasteiger partial charge >= 0.3 is 0 Å². The van der Waals surface area contributed by atoms with Crippen LogP contribution < -0.4 is 5.32 Å². The Hall–Kier alpha value is -1.58. The molecule has 2 aromatic rings. The van der Waals surface area contributed by atoms with E-state index >= 15 is 0 Å². The Balaban J connectivity index is 2.35. The predicted octanol–water partition coefficient (Wildman–Crippen LogP) is 4.11. The van der Waals surface area contributed by atoms with Gasteiger partial charge in [0, 0.05) is 10.7 Å². The highest BCUT2D eigenvalue weighted by molar-refractivity contribution is 6.31. The molecule has 0 spiro atoms. The van der Waals surface area contributed by atoms with E-state index in [1.807, 2.05) is 38.1 Å². The van der Waals surface area contributed by atoms with Gasteiger partial charge in [0.15, 0.2) is 0 Å². The van der Waals surface area contributed by atoms with Crippen LogP contribution in [-0.4, -0.2) is 11.7 Å². The SMILES string of the molecule is Cc1ccc(NC(C)(CO)c2ccc(F)cc2Cl)cc1. The van der Waals surface area contributed by atoms with Crippen molar-refractivity contribution in [3.63, 3.8) is 0 Å². The summed E-state index contributed by atoms with van der Waals surface area (Å²) in [6.45, 7) is 3.67. The van der Waals surface area contributed by atoms with Crippen molar-refractivity contribution in [2.24, 2.45) is 0 Å². The fourth-order valence-electron chi connectivity index (χ4n) is 2.08. The number of hydrogen-bond donors (Lipinski definition) is 2. The summed E-state index contributed by atoms with van der Waals surface area (Å²) in [6, 6.07) is 12.0. The highest BCUT2D eigenvalue weighted by Gasteiger charge is 2.28. The summed E-state index contributed by atoms with van der Waals surface area (Å²) in [6.07, 6.45) is 0. The summed E-state index contributed by atoms with van der Waals surface area (Å²) in [5, 5.41) is 13.3. The van der Waals surface area contributed by atoms with Crippen molar-refractivity contribution < 1.29 is 9.50 Å². The molecule has 4 heteroatoms. The summed E-state index contributed by atoms with van der Waals surface area (Å²) in [5.41, 5.74) is 1.90. The quantitative estimate of drug-likeness (QED) is 0.889. The largest absolute Gasteiger partial charge is 0.394 e. The topological polar surface area (TPSA) is 32.3 Å². The summed E-state index contributed by atoms with van der Waals surface area (Å²) in [4.78, 5) is 0. The fourth-order valence-corrected chi connectivity index (χ4v) is 2.46. The molecule has 0 aliphatic carbocycles. The molecule has 2 aromatic carbocycles. The van der Waals surface area contributed by atoms with Gasteiger partial charge in [0.2, 0.25) is 0 Å². The zero-order chi connectivity index (χ0) is 14.8. The van der Waals surface area contributed by atoms with Gasteiger partial charge in [-0.3, -0.25) is 0 Å². The molecule has 2 nitrogen and oxygen atoms in total. The smallest absolute Gasteiger partial charge is 0.124 e. The van der Waals surface area contributed by atoms with Crippen LogP contribution in [0.25, 0.3) is 0 Å². The Labute approximate surface area is 123 Å². The second kappa shape index (κ2) is 5.81. The van der Waals surface area contributed by atoms with Crippen molar-refractivity contribution in [3.05, 3.63) is 64.4 Å². The minimum absolute atomic E-state index is 0.160. The van der Waals surface area contributed by atoms with Gasteiger partial charge in [-0.1, -0.05) is 35.4 Å². The van der Waals surface area contributed by atoms with E-state index in [0.29, 0.717) is 10.6 Å². The minimum Gasteiger partial charge on any atom is -0.394 e. The molecule has 1 atom stereocenters. The van der Waals surface area contributed by atoms with Gasteiger partial charge < -0.3 is 10.4 Å². The number of benzene rings is 2. The maximum atomic E-state index is 13.1. The highest BCUT2D eigenvalue weighted by Crippen LogP contribution is 2.31. The maximum Gasteiger partial charge on any atom is 0.124 e. The standard InChI is InChI=1S/C16H17ClFNO/c1-11-3-6-13(7-4-11)19-16(2,10-20)14-8-5-12(18)9-15(14)17/h3-9,19-20H,10H2,1-2H3. The summed E-state index contributed by atoms with van der Waals surface area (Å²) < 4.78 is 13.1. The van der Waals surface area contributed by atoms with E-state index in [1.165, 1.54) is 12.1 Å². The van der Waals surface area contributed by atoms with E-state index < -0.39 is 11.4 Å². The van der Waals surface area contributed by atoms with E-state index in [4.69, 9.17) is 11.6 Å². The van der Waals surface area contributed by atoms with Crippen molar-refractivity contribution >= 4 is 17.3 Å². The molecule has 2 rings (SSSR count). The van der Waals surface area contributed by atoms with E-state index in [1.54, 1.807) is 6.07 Å². The first-order valence-electron chi connectivity index (χ1n) is 6.36. The lowest BCUT2D eigenvalue weighted by molar-refractivity contribution is 0.224. The molecular weight excluding hydrogens is 277 g/mol. The number of hydrogen-bond acceptors (Lipinski definition) is 2. The highest BCUT2D eigenvalue weighted by atomic mass is 35.5. The second-order valence-corrected chi connectivity index (χ2v) is 5.51. The molecule has 1 unspecified atom stereocenters. The molecule has 0 heterocycles. The van der Waals surface area contributed by atoms with Crippen LogP contribution in [0.5, 0.6) is 0 Å². The van der Waals surface area contributed by atoms with Gasteiger partial charge in [-0.15, -0.1) is 0 Å². The van der Waals surface area contributed by atoms with Crippen LogP contribution in [0.15, 0.2) is 42.5 Å². The lowest BCUT2D eigenvalue weighted by atomic mass is 9.92. The maximum absolute atomic E-state index is 13.1. The number of aryl methyl sites for hydroxylation is 1. The van der Waals surface area contributed by atoms with Crippen LogP contribution in [0.1, 0.15) is 18.1 Å². The lowest BCUT2D eigenvalue weighted by Gasteiger charge is -2.31. The molecule has 0 amide bonds. The van der Waals surface area contributed by atoms with Crippen molar-refractivity contribution in [2.75, 3.05) is 11.9 Å². The fraction of sp³-hybridized carbons (Fsp3) is 0.250. The number of anilines is 1. The average molecular weight is 294 g/mol. The third-order valence-corrected chi connectivity index (χ3v) is 3.63. The predicted molar refractivity (Wildman–Crippen MR) is 80.6 cm³/mol. The molecule has 0 radical (unpaired) electrons. The van der Waals surface area contributed by atoms with Gasteiger partial charge in [-0.05, 0) is 43.7 Å². The van der Waals surface area contributed by atoms with Gasteiger partial charge in [-0.25, -0.2) is 4.39 Å². The molecule has 0 fully saturated rings. The Kier molecular flexibility index (Phi) is 4.31. The van der Waals surface area contributed by atoms with Crippen molar-refractivity contribution in [3.8, 4) is 0 Å². The first-order chi connectivity index (χ1) is 9.44. The van der Waals surface area contributed by atoms with Gasteiger partial charge in [0.05, 0.1) is 12.1 Å². The van der Waals surface area contributed by atoms with E-state index in [9.17, 15) is 9.50 Å². The zero-order valence-corrected chi connectivity index (χ0v) is 12.2. The molecule has 0 saturated heterocycles. The Bertz CT molecular complexity index is 600. The number of aliphatic hydroxyl groups excluding tert-OH is 1. The van der Waals surface area contributed by atoms with E-state index in [-0.39, 0.29) is 6.61 Å². The monoisotopic (exact) mass is 293 g/mol. The van der Waals surface area contributed by atoms with Crippen LogP contribution in [0, 0.1) is 12.7 Å². The van der Waals surface area contributed by atoms with Crippen molar-refractivity contribution in [2.45, 2.75) is 19.4 Å². The number of nitrogens with one attached hydrogen (secondary N) is 1. The van der Waals surface area contributed by atoms with Crippen molar-refractivity contribution in [1.82, 2.24) is 0 Å². The van der Waals surface area contributed by atoms with Gasteiger partial charge in [0.1, 0.15) is 5.82 Å². The summed E-state index contributed by atoms with van der Waals surface area (Å²) in [7, 11) is 0. The van der Waals surface area contributed by atoms with Crippen molar-refractivity contribution in [1.29, 1.82) is 0 Å². The molecule has 20 heavy (non-hydrogen) atoms. The van der Waals surface area contributed by atoms with Gasteiger partial charge in [0.25, 0.3) is 0 Å². The number of aliphatic hydroxyl groups is 1. The lowest BCUT2D eigenvalue weighted by Crippen LogP contribution is -2.36. The van der Waals surface area contributed by atoms with Crippen LogP contribution in [0.2, 0.25) is 5.02 Å². The van der Waals surface area contributed by atoms with Crippen LogP contribution >= 0.6 is 11.6 Å². The summed E-state index contributed by atoms with van der Waals surface area (Å²) >= 11 is 6.09. The molecular formula is C16H17ClFNO. The third kappa shape index (κ3) is 3.11. The molecule has 2 N–H and O–H groups in total. The van der Waals surface area contributed by atoms with E-state index in [2.05, 4.69) is 5.32 Å². The Morgan fingerprint density at radius 3 is 2.40 bits per heavy atom. The molecule has 0 aliphatic heterocycles. The van der Waals surface area contributed by atoms with Crippen LogP contribution in [0.4, 0.5) is 10.1 Å². The number of rotatable bonds is 4. The van der Waals surface area contributed by atoms with Crippen LogP contribution in [0.3, 0.4) is 0 Å². The third-order valence-electron chi connectivity index (χ3n) is 3.31. The van der Waals surface area contributed by atoms with Crippen LogP contribution in [-0.2, 0) is 5.54 Å². The molecule has 0 saturated carbocycles. The normalized spacial score (nSPS) is 13.8. The Morgan fingerprint density at radius 2 is 1.85 bits per heavy atom. The summed E-state index contributed by atoms with van der Waals surface area (Å²) in [5.74, 6) is -0.394. The second-order valence-electron chi connectivity index (χ2n) is 5.11. The Morgan fingerprint density at radius 1 is 1.20 bits per heavy atom. The zero-order valence-electron chi connectivity index (χ0n) is 11.5. The molecule has 0 aliphatic rings. The molecule has 0 aromatic heterocycles. The average Bonchev–Trinajstić information content (AvgIpc) is 2.41. The number of halogens is 2. The first-order valence-corrected chi connectivity index (χ1v) is 6.74. The van der Waals surface area contributed by atoms with Gasteiger partial charge in [-0.2, -0.15) is 0 Å². The minimum atomic E-state index is -0.778. The molecule has 0 bridgehead atoms. The molecule has 106 valence electrons. The van der Waals surface area contributed by atoms with E-state index in [0.717, 1.165) is 11.3 Å².